The Morgan fingerprint density at radius 3 is 0.985 bits per heavy atom. The Morgan fingerprint density at radius 1 is 0.364 bits per heavy atom. The Kier molecular flexibility index (Phi) is 51.1. The van der Waals surface area contributed by atoms with Crippen molar-refractivity contribution in [2.24, 2.45) is 0 Å². The number of hydrogen-bond donors (Lipinski definition) is 1. The molecule has 368 valence electrons. The molecule has 0 heterocycles. The van der Waals surface area contributed by atoms with Gasteiger partial charge in [-0.15, -0.1) is 0 Å². The lowest BCUT2D eigenvalue weighted by Crippen LogP contribution is -2.28. The highest BCUT2D eigenvalue weighted by atomic mass is 16.6. The topological polar surface area (TPSA) is 72.8 Å². The molecule has 0 fully saturated rings. The molecule has 0 aromatic carbocycles. The second-order valence-electron chi connectivity index (χ2n) is 16.5. The number of aliphatic hydroxyl groups excluding tert-OH is 1. The molecule has 0 aromatic rings. The number of allylic oxidation sites excluding steroid dienone is 25. The van der Waals surface area contributed by atoms with Gasteiger partial charge in [0.15, 0.2) is 6.10 Å². The van der Waals surface area contributed by atoms with Gasteiger partial charge in [0.2, 0.25) is 0 Å². The lowest BCUT2D eigenvalue weighted by molar-refractivity contribution is -0.161. The average molecular weight is 907 g/mol. The molecule has 1 atom stereocenters. The average Bonchev–Trinajstić information content (AvgIpc) is 3.32. The number of esters is 2. The first-order chi connectivity index (χ1) is 32.6. The van der Waals surface area contributed by atoms with Gasteiger partial charge in [-0.1, -0.05) is 236 Å². The van der Waals surface area contributed by atoms with Crippen molar-refractivity contribution in [3.8, 4) is 0 Å². The fourth-order valence-corrected chi connectivity index (χ4v) is 6.52. The number of rotatable bonds is 45. The van der Waals surface area contributed by atoms with Crippen molar-refractivity contribution in [2.75, 3.05) is 13.2 Å². The third kappa shape index (κ3) is 52.1. The Morgan fingerprint density at radius 2 is 0.652 bits per heavy atom. The van der Waals surface area contributed by atoms with E-state index in [4.69, 9.17) is 9.47 Å². The maximum atomic E-state index is 12.3. The molecule has 5 nitrogen and oxygen atoms in total. The molecule has 0 amide bonds. The molecular weight excluding hydrogens is 813 g/mol. The zero-order chi connectivity index (χ0) is 47.7. The summed E-state index contributed by atoms with van der Waals surface area (Å²) in [6, 6.07) is 0. The van der Waals surface area contributed by atoms with Gasteiger partial charge in [-0.3, -0.25) is 9.59 Å². The maximum absolute atomic E-state index is 12.3. The van der Waals surface area contributed by atoms with Gasteiger partial charge in [-0.2, -0.15) is 0 Å². The van der Waals surface area contributed by atoms with Crippen LogP contribution in [0.2, 0.25) is 0 Å². The van der Waals surface area contributed by atoms with Gasteiger partial charge in [0.05, 0.1) is 13.0 Å². The summed E-state index contributed by atoms with van der Waals surface area (Å²) in [5, 5.41) is 9.60. The van der Waals surface area contributed by atoms with Gasteiger partial charge in [0.1, 0.15) is 6.61 Å². The third-order valence-corrected chi connectivity index (χ3v) is 10.4. The molecular formula is C61H94O5. The lowest BCUT2D eigenvalue weighted by Gasteiger charge is -2.15. The van der Waals surface area contributed by atoms with Crippen LogP contribution in [0.5, 0.6) is 0 Å². The van der Waals surface area contributed by atoms with Crippen LogP contribution in [0, 0.1) is 0 Å². The first kappa shape index (κ1) is 61.5. The van der Waals surface area contributed by atoms with Crippen LogP contribution in [0.4, 0.5) is 0 Å². The van der Waals surface area contributed by atoms with Crippen LogP contribution in [-0.4, -0.2) is 36.4 Å². The number of carbonyl (C=O) groups excluding carboxylic acids is 2. The van der Waals surface area contributed by atoms with Gasteiger partial charge in [0, 0.05) is 6.42 Å². The second-order valence-corrected chi connectivity index (χ2v) is 16.5. The van der Waals surface area contributed by atoms with Crippen LogP contribution >= 0.6 is 0 Å². The number of unbranched alkanes of at least 4 members (excludes halogenated alkanes) is 12. The zero-order valence-corrected chi connectivity index (χ0v) is 41.9. The minimum Gasteiger partial charge on any atom is -0.461 e. The Bertz CT molecular complexity index is 1490. The minimum atomic E-state index is -0.824. The predicted molar refractivity (Wildman–Crippen MR) is 287 cm³/mol. The zero-order valence-electron chi connectivity index (χ0n) is 41.9. The molecule has 0 saturated heterocycles. The summed E-state index contributed by atoms with van der Waals surface area (Å²) in [7, 11) is 0. The molecule has 1 N–H and O–H groups in total. The van der Waals surface area contributed by atoms with Crippen LogP contribution in [-0.2, 0) is 19.1 Å². The molecule has 1 unspecified atom stereocenters. The molecule has 0 aliphatic rings. The standard InChI is InChI=1S/C61H94O5/c1-3-5-7-9-11-13-15-17-19-20-21-22-23-24-25-26-27-28-29-30-31-32-33-34-35-36-37-38-39-40-42-44-46-48-50-52-54-56-61(64)66-59(57-62)58-65-60(63)55-53-51-49-47-45-43-41-18-16-14-12-10-8-6-4-2/h5-8,11-14,17-19,21-22,24-25,27-28,30-31,33-34,41,45,47,51,53,59,62H,3-4,9-10,15-16,20,23,26,29,32,35-40,42-44,46,48-50,52,54-58H2,1-2H3/b7-5-,8-6-,13-11-,14-12-,19-17-,22-21-,25-24-,28-27-,31-30-,34-33-,41-18-,47-45-,53-51-. The van der Waals surface area contributed by atoms with E-state index in [0.717, 1.165) is 103 Å². The highest BCUT2D eigenvalue weighted by molar-refractivity contribution is 5.71. The molecule has 0 bridgehead atoms. The van der Waals surface area contributed by atoms with Crippen LogP contribution in [0.3, 0.4) is 0 Å². The number of carbonyl (C=O) groups is 2. The van der Waals surface area contributed by atoms with E-state index in [1.807, 2.05) is 6.08 Å². The van der Waals surface area contributed by atoms with Crippen molar-refractivity contribution in [3.63, 3.8) is 0 Å². The van der Waals surface area contributed by atoms with Crippen molar-refractivity contribution in [3.05, 3.63) is 158 Å². The molecule has 5 heteroatoms. The summed E-state index contributed by atoms with van der Waals surface area (Å²) in [6.07, 6.45) is 85.1. The van der Waals surface area contributed by atoms with E-state index in [1.54, 1.807) is 6.08 Å². The molecule has 0 aliphatic carbocycles. The Hall–Kier alpha value is -4.48. The van der Waals surface area contributed by atoms with Gasteiger partial charge in [-0.25, -0.2) is 0 Å². The van der Waals surface area contributed by atoms with E-state index >= 15 is 0 Å². The molecule has 0 spiro atoms. The van der Waals surface area contributed by atoms with Crippen molar-refractivity contribution in [1.29, 1.82) is 0 Å². The maximum Gasteiger partial charge on any atom is 0.309 e. The largest absolute Gasteiger partial charge is 0.461 e. The minimum absolute atomic E-state index is 0.130. The van der Waals surface area contributed by atoms with Crippen LogP contribution in [0.15, 0.2) is 158 Å². The molecule has 0 aromatic heterocycles. The Balaban J connectivity index is 3.62. The van der Waals surface area contributed by atoms with Gasteiger partial charge >= 0.3 is 11.9 Å². The summed E-state index contributed by atoms with van der Waals surface area (Å²) in [5.41, 5.74) is 0. The van der Waals surface area contributed by atoms with Gasteiger partial charge in [0.25, 0.3) is 0 Å². The molecule has 0 saturated carbocycles. The lowest BCUT2D eigenvalue weighted by atomic mass is 10.0. The number of hydrogen-bond acceptors (Lipinski definition) is 5. The molecule has 66 heavy (non-hydrogen) atoms. The predicted octanol–water partition coefficient (Wildman–Crippen LogP) is 17.6. The molecule has 0 radical (unpaired) electrons. The second kappa shape index (κ2) is 54.9. The quantitative estimate of drug-likeness (QED) is 0.0374. The molecule has 0 rings (SSSR count). The summed E-state index contributed by atoms with van der Waals surface area (Å²) in [5.74, 6) is -0.752. The summed E-state index contributed by atoms with van der Waals surface area (Å²) < 4.78 is 10.6. The van der Waals surface area contributed by atoms with E-state index in [9.17, 15) is 14.7 Å². The van der Waals surface area contributed by atoms with E-state index in [0.29, 0.717) is 6.42 Å². The SMILES string of the molecule is CC/C=C\C/C=C\C/C=C\C/C=C\C/C=C\C/C=C\C/C=C\C/C=C\CCCCCCCCCCCCCCC(=O)OC(CO)COC(=O)C/C=C\C/C=C\C/C=C\C/C=C\C/C=C\CC. The highest BCUT2D eigenvalue weighted by Gasteiger charge is 2.15. The van der Waals surface area contributed by atoms with E-state index in [2.05, 4.69) is 160 Å². The van der Waals surface area contributed by atoms with E-state index in [-0.39, 0.29) is 25.6 Å². The van der Waals surface area contributed by atoms with Crippen LogP contribution in [0.1, 0.15) is 194 Å². The van der Waals surface area contributed by atoms with Crippen molar-refractivity contribution in [1.82, 2.24) is 0 Å². The van der Waals surface area contributed by atoms with Crippen LogP contribution in [0.25, 0.3) is 0 Å². The normalized spacial score (nSPS) is 13.6. The van der Waals surface area contributed by atoms with Crippen molar-refractivity contribution < 1.29 is 24.2 Å². The van der Waals surface area contributed by atoms with Crippen molar-refractivity contribution >= 4 is 11.9 Å². The fourth-order valence-electron chi connectivity index (χ4n) is 6.52. The van der Waals surface area contributed by atoms with Crippen molar-refractivity contribution in [2.45, 2.75) is 200 Å². The van der Waals surface area contributed by atoms with Crippen LogP contribution < -0.4 is 0 Å². The first-order valence-electron chi connectivity index (χ1n) is 26.0. The first-order valence-corrected chi connectivity index (χ1v) is 26.0. The molecule has 0 aliphatic heterocycles. The monoisotopic (exact) mass is 907 g/mol. The van der Waals surface area contributed by atoms with E-state index in [1.165, 1.54) is 64.2 Å². The third-order valence-electron chi connectivity index (χ3n) is 10.4. The fraction of sp³-hybridized carbons (Fsp3) is 0.541. The highest BCUT2D eigenvalue weighted by Crippen LogP contribution is 2.14. The summed E-state index contributed by atoms with van der Waals surface area (Å²) in [6.45, 7) is 3.80. The summed E-state index contributed by atoms with van der Waals surface area (Å²) in [4.78, 5) is 24.3. The Labute approximate surface area is 405 Å². The van der Waals surface area contributed by atoms with E-state index < -0.39 is 12.1 Å². The summed E-state index contributed by atoms with van der Waals surface area (Å²) >= 11 is 0. The number of aliphatic hydroxyl groups is 1. The van der Waals surface area contributed by atoms with Gasteiger partial charge < -0.3 is 14.6 Å². The van der Waals surface area contributed by atoms with Gasteiger partial charge in [-0.05, 0) is 103 Å². The number of ether oxygens (including phenoxy) is 2. The smallest absolute Gasteiger partial charge is 0.309 e.